The highest BCUT2D eigenvalue weighted by molar-refractivity contribution is 7.99. The maximum Gasteiger partial charge on any atom is 0.277 e. The quantitative estimate of drug-likeness (QED) is 0.305. The van der Waals surface area contributed by atoms with Crippen LogP contribution in [-0.2, 0) is 10.0 Å². The number of carbonyl (C=O) groups excluding carboxylic acids is 1. The second-order valence-electron chi connectivity index (χ2n) is 6.06. The molecule has 0 saturated carbocycles. The van der Waals surface area contributed by atoms with E-state index in [4.69, 9.17) is 4.42 Å². The summed E-state index contributed by atoms with van der Waals surface area (Å²) in [4.78, 5) is 12.9. The maximum absolute atomic E-state index is 12.4. The molecule has 10 heteroatoms. The van der Waals surface area contributed by atoms with Gasteiger partial charge in [-0.3, -0.25) is 9.52 Å². The summed E-state index contributed by atoms with van der Waals surface area (Å²) in [6, 6.07) is 18.3. The number of benzene rings is 2. The summed E-state index contributed by atoms with van der Waals surface area (Å²) in [5.74, 6) is 0.505. The molecule has 0 aliphatic heterocycles. The Morgan fingerprint density at radius 3 is 2.47 bits per heavy atom. The van der Waals surface area contributed by atoms with Gasteiger partial charge in [-0.25, -0.2) is 8.42 Å². The first-order valence-electron chi connectivity index (χ1n) is 8.72. The molecule has 0 amide bonds. The van der Waals surface area contributed by atoms with Crippen LogP contribution in [0.4, 0.5) is 5.69 Å². The van der Waals surface area contributed by atoms with Crippen LogP contribution >= 0.6 is 23.1 Å². The Balaban J connectivity index is 1.40. The third-order valence-corrected chi connectivity index (χ3v) is 7.09. The summed E-state index contributed by atoms with van der Waals surface area (Å²) in [5.41, 5.74) is 1.06. The molecule has 4 rings (SSSR count). The number of ketones is 1. The minimum Gasteiger partial charge on any atom is -0.411 e. The number of anilines is 1. The Hall–Kier alpha value is -2.95. The SMILES string of the molecule is O=C(CSc1nnc(-c2ccc(NS(=O)(=O)c3ccccc3)cc2)o1)c1cccs1. The van der Waals surface area contributed by atoms with Crippen molar-refractivity contribution in [1.82, 2.24) is 10.2 Å². The summed E-state index contributed by atoms with van der Waals surface area (Å²) in [5, 5.41) is 10.1. The Morgan fingerprint density at radius 2 is 1.77 bits per heavy atom. The zero-order valence-corrected chi connectivity index (χ0v) is 17.8. The molecular weight excluding hydrogens is 442 g/mol. The van der Waals surface area contributed by atoms with Crippen molar-refractivity contribution in [1.29, 1.82) is 0 Å². The first-order chi connectivity index (χ1) is 14.5. The first kappa shape index (κ1) is 20.3. The zero-order valence-electron chi connectivity index (χ0n) is 15.4. The van der Waals surface area contributed by atoms with Gasteiger partial charge in [0, 0.05) is 11.3 Å². The fourth-order valence-electron chi connectivity index (χ4n) is 2.51. The summed E-state index contributed by atoms with van der Waals surface area (Å²) in [6.07, 6.45) is 0. The molecule has 4 aromatic rings. The van der Waals surface area contributed by atoms with E-state index in [1.165, 1.54) is 35.2 Å². The average molecular weight is 458 g/mol. The molecule has 2 heterocycles. The van der Waals surface area contributed by atoms with Crippen LogP contribution in [0.3, 0.4) is 0 Å². The van der Waals surface area contributed by atoms with Gasteiger partial charge in [-0.15, -0.1) is 21.5 Å². The lowest BCUT2D eigenvalue weighted by molar-refractivity contribution is 0.102. The normalized spacial score (nSPS) is 11.3. The van der Waals surface area contributed by atoms with E-state index < -0.39 is 10.0 Å². The molecule has 7 nitrogen and oxygen atoms in total. The van der Waals surface area contributed by atoms with Gasteiger partial charge in [0.2, 0.25) is 5.89 Å². The molecule has 0 spiro atoms. The fraction of sp³-hybridized carbons (Fsp3) is 0.0500. The van der Waals surface area contributed by atoms with Gasteiger partial charge in [-0.05, 0) is 47.8 Å². The second-order valence-corrected chi connectivity index (χ2v) is 9.61. The topological polar surface area (TPSA) is 102 Å². The molecule has 0 radical (unpaired) electrons. The highest BCUT2D eigenvalue weighted by atomic mass is 32.2. The van der Waals surface area contributed by atoms with Crippen molar-refractivity contribution in [2.75, 3.05) is 10.5 Å². The standard InChI is InChI=1S/C20H15N3O4S3/c24-17(18-7-4-12-28-18)13-29-20-22-21-19(27-20)14-8-10-15(11-9-14)23-30(25,26)16-5-2-1-3-6-16/h1-12,23H,13H2. The summed E-state index contributed by atoms with van der Waals surface area (Å²) >= 11 is 2.57. The number of hydrogen-bond acceptors (Lipinski definition) is 8. The van der Waals surface area contributed by atoms with E-state index in [2.05, 4.69) is 14.9 Å². The lowest BCUT2D eigenvalue weighted by Gasteiger charge is -2.08. The lowest BCUT2D eigenvalue weighted by atomic mass is 10.2. The first-order valence-corrected chi connectivity index (χ1v) is 12.1. The smallest absolute Gasteiger partial charge is 0.277 e. The fourth-order valence-corrected chi connectivity index (χ4v) is 5.00. The average Bonchev–Trinajstić information content (AvgIpc) is 3.45. The molecule has 0 saturated heterocycles. The molecule has 152 valence electrons. The number of aromatic nitrogens is 2. The maximum atomic E-state index is 12.4. The van der Waals surface area contributed by atoms with Crippen LogP contribution in [0.15, 0.2) is 86.6 Å². The highest BCUT2D eigenvalue weighted by Crippen LogP contribution is 2.26. The van der Waals surface area contributed by atoms with Crippen molar-refractivity contribution in [3.63, 3.8) is 0 Å². The van der Waals surface area contributed by atoms with Crippen molar-refractivity contribution < 1.29 is 17.6 Å². The van der Waals surface area contributed by atoms with Crippen LogP contribution in [0.5, 0.6) is 0 Å². The van der Waals surface area contributed by atoms with Crippen LogP contribution in [0.25, 0.3) is 11.5 Å². The summed E-state index contributed by atoms with van der Waals surface area (Å²) in [6.45, 7) is 0. The Bertz CT molecular complexity index is 1240. The Morgan fingerprint density at radius 1 is 1.00 bits per heavy atom. The van der Waals surface area contributed by atoms with Crippen LogP contribution in [0, 0.1) is 0 Å². The molecule has 2 aromatic heterocycles. The molecular formula is C20H15N3O4S3. The van der Waals surface area contributed by atoms with E-state index in [1.807, 2.05) is 11.4 Å². The Labute approximate surface area is 181 Å². The van der Waals surface area contributed by atoms with E-state index in [0.717, 1.165) is 0 Å². The van der Waals surface area contributed by atoms with Gasteiger partial charge in [-0.1, -0.05) is 36.0 Å². The van der Waals surface area contributed by atoms with Crippen molar-refractivity contribution in [3.05, 3.63) is 77.0 Å². The van der Waals surface area contributed by atoms with E-state index >= 15 is 0 Å². The molecule has 0 bridgehead atoms. The molecule has 0 aliphatic rings. The van der Waals surface area contributed by atoms with Crippen LogP contribution in [-0.4, -0.2) is 30.2 Å². The molecule has 0 atom stereocenters. The van der Waals surface area contributed by atoms with E-state index in [-0.39, 0.29) is 16.4 Å². The predicted octanol–water partition coefficient (Wildman–Crippen LogP) is 4.57. The summed E-state index contributed by atoms with van der Waals surface area (Å²) in [7, 11) is -3.66. The predicted molar refractivity (Wildman–Crippen MR) is 116 cm³/mol. The Kier molecular flexibility index (Phi) is 5.98. The number of thioether (sulfide) groups is 1. The number of rotatable bonds is 8. The number of nitrogens with zero attached hydrogens (tertiary/aromatic N) is 2. The van der Waals surface area contributed by atoms with Crippen molar-refractivity contribution in [3.8, 4) is 11.5 Å². The second kappa shape index (κ2) is 8.82. The van der Waals surface area contributed by atoms with Gasteiger partial charge in [0.05, 0.1) is 15.5 Å². The molecule has 0 aliphatic carbocycles. The molecule has 0 unspecified atom stereocenters. The minimum atomic E-state index is -3.66. The third kappa shape index (κ3) is 4.78. The number of sulfonamides is 1. The lowest BCUT2D eigenvalue weighted by Crippen LogP contribution is -2.12. The van der Waals surface area contributed by atoms with Gasteiger partial charge in [0.1, 0.15) is 0 Å². The molecule has 30 heavy (non-hydrogen) atoms. The van der Waals surface area contributed by atoms with Crippen LogP contribution in [0.2, 0.25) is 0 Å². The van der Waals surface area contributed by atoms with Gasteiger partial charge in [-0.2, -0.15) is 0 Å². The van der Waals surface area contributed by atoms with Gasteiger partial charge >= 0.3 is 0 Å². The molecule has 2 aromatic carbocycles. The zero-order chi connectivity index (χ0) is 21.0. The van der Waals surface area contributed by atoms with Crippen molar-refractivity contribution in [2.24, 2.45) is 0 Å². The summed E-state index contributed by atoms with van der Waals surface area (Å²) < 4.78 is 32.9. The van der Waals surface area contributed by atoms with E-state index in [9.17, 15) is 13.2 Å². The number of thiophene rings is 1. The highest BCUT2D eigenvalue weighted by Gasteiger charge is 2.15. The van der Waals surface area contributed by atoms with Gasteiger partial charge in [0.15, 0.2) is 5.78 Å². The van der Waals surface area contributed by atoms with E-state index in [0.29, 0.717) is 27.2 Å². The number of nitrogens with one attached hydrogen (secondary N) is 1. The van der Waals surface area contributed by atoms with Crippen molar-refractivity contribution >= 4 is 44.6 Å². The number of Topliss-reactive ketones (excluding diaryl/α,β-unsaturated/α-hetero) is 1. The van der Waals surface area contributed by atoms with Gasteiger partial charge in [0.25, 0.3) is 15.2 Å². The minimum absolute atomic E-state index is 0.00445. The monoisotopic (exact) mass is 457 g/mol. The van der Waals surface area contributed by atoms with Crippen LogP contribution < -0.4 is 4.72 Å². The largest absolute Gasteiger partial charge is 0.411 e. The molecule has 0 fully saturated rings. The van der Waals surface area contributed by atoms with E-state index in [1.54, 1.807) is 48.5 Å². The van der Waals surface area contributed by atoms with Crippen LogP contribution in [0.1, 0.15) is 9.67 Å². The molecule has 1 N–H and O–H groups in total. The number of carbonyl (C=O) groups is 1. The van der Waals surface area contributed by atoms with Gasteiger partial charge < -0.3 is 4.42 Å². The number of hydrogen-bond donors (Lipinski definition) is 1. The van der Waals surface area contributed by atoms with Crippen molar-refractivity contribution in [2.45, 2.75) is 10.1 Å². The third-order valence-electron chi connectivity index (χ3n) is 3.97.